The molecule has 0 bridgehead atoms. The van der Waals surface area contributed by atoms with Gasteiger partial charge >= 0.3 is 0 Å². The number of benzene rings is 1. The number of rotatable bonds is 3. The van der Waals surface area contributed by atoms with Gasteiger partial charge in [-0.1, -0.05) is 35.3 Å². The fourth-order valence-electron chi connectivity index (χ4n) is 1.29. The molecule has 0 aliphatic carbocycles. The summed E-state index contributed by atoms with van der Waals surface area (Å²) in [5, 5.41) is 1.05. The first kappa shape index (κ1) is 12.7. The Bertz CT molecular complexity index is 534. The van der Waals surface area contributed by atoms with Crippen molar-refractivity contribution in [3.05, 3.63) is 56.7 Å². The second kappa shape index (κ2) is 5.71. The average molecular weight is 333 g/mol. The van der Waals surface area contributed by atoms with E-state index in [-0.39, 0.29) is 0 Å². The van der Waals surface area contributed by atoms with Gasteiger partial charge in [0.2, 0.25) is 0 Å². The van der Waals surface area contributed by atoms with Gasteiger partial charge in [0.1, 0.15) is 11.2 Å². The molecule has 2 rings (SSSR count). The van der Waals surface area contributed by atoms with E-state index < -0.39 is 0 Å². The van der Waals surface area contributed by atoms with Crippen molar-refractivity contribution < 1.29 is 4.74 Å². The van der Waals surface area contributed by atoms with Crippen molar-refractivity contribution in [2.75, 3.05) is 0 Å². The molecule has 1 heterocycles. The van der Waals surface area contributed by atoms with E-state index in [1.807, 2.05) is 18.2 Å². The normalized spacial score (nSPS) is 10.3. The molecule has 0 amide bonds. The molecule has 0 aliphatic heterocycles. The SMILES string of the molecule is Clc1cccc(COc2cccnc2Br)c1Cl. The quantitative estimate of drug-likeness (QED) is 0.758. The van der Waals surface area contributed by atoms with Gasteiger partial charge in [-0.15, -0.1) is 0 Å². The molecular formula is C12H8BrCl2NO. The molecule has 0 N–H and O–H groups in total. The van der Waals surface area contributed by atoms with Crippen molar-refractivity contribution in [1.29, 1.82) is 0 Å². The summed E-state index contributed by atoms with van der Waals surface area (Å²) in [7, 11) is 0. The minimum atomic E-state index is 0.351. The Morgan fingerprint density at radius 1 is 1.18 bits per heavy atom. The maximum absolute atomic E-state index is 6.06. The van der Waals surface area contributed by atoms with Crippen LogP contribution in [0.4, 0.5) is 0 Å². The van der Waals surface area contributed by atoms with Gasteiger partial charge in [0.25, 0.3) is 0 Å². The zero-order chi connectivity index (χ0) is 12.3. The number of pyridine rings is 1. The van der Waals surface area contributed by atoms with E-state index in [2.05, 4.69) is 20.9 Å². The van der Waals surface area contributed by atoms with Gasteiger partial charge in [-0.2, -0.15) is 0 Å². The Hall–Kier alpha value is -0.770. The van der Waals surface area contributed by atoms with Crippen LogP contribution in [-0.2, 0) is 6.61 Å². The Labute approximate surface area is 118 Å². The first-order chi connectivity index (χ1) is 8.18. The van der Waals surface area contributed by atoms with E-state index in [1.54, 1.807) is 18.3 Å². The number of ether oxygens (including phenoxy) is 1. The largest absolute Gasteiger partial charge is 0.486 e. The van der Waals surface area contributed by atoms with Gasteiger partial charge in [0.15, 0.2) is 5.75 Å². The fourth-order valence-corrected chi connectivity index (χ4v) is 2.03. The third-order valence-electron chi connectivity index (χ3n) is 2.14. The molecule has 2 nitrogen and oxygen atoms in total. The monoisotopic (exact) mass is 331 g/mol. The van der Waals surface area contributed by atoms with Crippen molar-refractivity contribution in [2.24, 2.45) is 0 Å². The number of halogens is 3. The van der Waals surface area contributed by atoms with Crippen LogP contribution < -0.4 is 4.74 Å². The lowest BCUT2D eigenvalue weighted by molar-refractivity contribution is 0.303. The van der Waals surface area contributed by atoms with E-state index >= 15 is 0 Å². The predicted octanol–water partition coefficient (Wildman–Crippen LogP) is 4.73. The third-order valence-corrected chi connectivity index (χ3v) is 3.59. The van der Waals surface area contributed by atoms with Crippen LogP contribution in [0.15, 0.2) is 41.1 Å². The zero-order valence-electron chi connectivity index (χ0n) is 8.66. The average Bonchev–Trinajstić information content (AvgIpc) is 2.33. The summed E-state index contributed by atoms with van der Waals surface area (Å²) < 4.78 is 6.27. The second-order valence-corrected chi connectivity index (χ2v) is 4.83. The molecule has 88 valence electrons. The molecule has 1 aromatic carbocycles. The van der Waals surface area contributed by atoms with Gasteiger partial charge in [0, 0.05) is 11.8 Å². The van der Waals surface area contributed by atoms with Crippen LogP contribution in [0.25, 0.3) is 0 Å². The topological polar surface area (TPSA) is 22.1 Å². The molecule has 1 aromatic heterocycles. The molecule has 0 saturated heterocycles. The number of aromatic nitrogens is 1. The third kappa shape index (κ3) is 3.12. The molecule has 0 unspecified atom stereocenters. The van der Waals surface area contributed by atoms with Crippen molar-refractivity contribution >= 4 is 39.1 Å². The van der Waals surface area contributed by atoms with Crippen LogP contribution in [0.2, 0.25) is 10.0 Å². The van der Waals surface area contributed by atoms with E-state index in [0.29, 0.717) is 27.0 Å². The van der Waals surface area contributed by atoms with Gasteiger partial charge in [-0.25, -0.2) is 4.98 Å². The van der Waals surface area contributed by atoms with Crippen molar-refractivity contribution in [3.63, 3.8) is 0 Å². The minimum absolute atomic E-state index is 0.351. The van der Waals surface area contributed by atoms with E-state index in [1.165, 1.54) is 0 Å². The first-order valence-corrected chi connectivity index (χ1v) is 6.39. The van der Waals surface area contributed by atoms with Crippen LogP contribution in [0.1, 0.15) is 5.56 Å². The Morgan fingerprint density at radius 3 is 2.76 bits per heavy atom. The Morgan fingerprint density at radius 2 is 2.00 bits per heavy atom. The summed E-state index contributed by atoms with van der Waals surface area (Å²) in [4.78, 5) is 4.06. The predicted molar refractivity (Wildman–Crippen MR) is 72.7 cm³/mol. The first-order valence-electron chi connectivity index (χ1n) is 4.84. The lowest BCUT2D eigenvalue weighted by Gasteiger charge is -2.09. The zero-order valence-corrected chi connectivity index (χ0v) is 11.8. The summed E-state index contributed by atoms with van der Waals surface area (Å²) in [6, 6.07) is 9.09. The lowest BCUT2D eigenvalue weighted by Crippen LogP contribution is -1.97. The summed E-state index contributed by atoms with van der Waals surface area (Å²) in [6.07, 6.45) is 1.68. The second-order valence-electron chi connectivity index (χ2n) is 3.29. The van der Waals surface area contributed by atoms with Crippen LogP contribution in [0, 0.1) is 0 Å². The molecule has 2 aromatic rings. The summed E-state index contributed by atoms with van der Waals surface area (Å²) in [5.74, 6) is 0.670. The number of hydrogen-bond donors (Lipinski definition) is 0. The summed E-state index contributed by atoms with van der Waals surface area (Å²) >= 11 is 15.3. The van der Waals surface area contributed by atoms with Crippen LogP contribution in [0.3, 0.4) is 0 Å². The standard InChI is InChI=1S/C12H8BrCl2NO/c13-12-10(5-2-6-16-12)17-7-8-3-1-4-9(14)11(8)15/h1-6H,7H2. The molecule has 0 saturated carbocycles. The van der Waals surface area contributed by atoms with Crippen molar-refractivity contribution in [1.82, 2.24) is 4.98 Å². The van der Waals surface area contributed by atoms with Gasteiger partial charge in [0.05, 0.1) is 10.0 Å². The molecule has 0 fully saturated rings. The molecule has 17 heavy (non-hydrogen) atoms. The van der Waals surface area contributed by atoms with Crippen LogP contribution >= 0.6 is 39.1 Å². The van der Waals surface area contributed by atoms with Crippen molar-refractivity contribution in [2.45, 2.75) is 6.61 Å². The fraction of sp³-hybridized carbons (Fsp3) is 0.0833. The van der Waals surface area contributed by atoms with Crippen molar-refractivity contribution in [3.8, 4) is 5.75 Å². The molecule has 0 spiro atoms. The lowest BCUT2D eigenvalue weighted by atomic mass is 10.2. The van der Waals surface area contributed by atoms with E-state index in [0.717, 1.165) is 5.56 Å². The maximum atomic E-state index is 6.06. The highest BCUT2D eigenvalue weighted by Gasteiger charge is 2.06. The van der Waals surface area contributed by atoms with Gasteiger partial charge < -0.3 is 4.74 Å². The highest BCUT2D eigenvalue weighted by atomic mass is 79.9. The Balaban J connectivity index is 2.13. The molecule has 0 atom stereocenters. The summed E-state index contributed by atoms with van der Waals surface area (Å²) in [6.45, 7) is 0.351. The summed E-state index contributed by atoms with van der Waals surface area (Å²) in [5.41, 5.74) is 0.843. The molecule has 5 heteroatoms. The van der Waals surface area contributed by atoms with E-state index in [4.69, 9.17) is 27.9 Å². The minimum Gasteiger partial charge on any atom is -0.486 e. The number of nitrogens with zero attached hydrogens (tertiary/aromatic N) is 1. The molecular weight excluding hydrogens is 325 g/mol. The highest BCUT2D eigenvalue weighted by Crippen LogP contribution is 2.28. The van der Waals surface area contributed by atoms with Crippen LogP contribution in [0.5, 0.6) is 5.75 Å². The van der Waals surface area contributed by atoms with Gasteiger partial charge in [-0.3, -0.25) is 0 Å². The van der Waals surface area contributed by atoms with Crippen LogP contribution in [-0.4, -0.2) is 4.98 Å². The highest BCUT2D eigenvalue weighted by molar-refractivity contribution is 9.10. The Kier molecular flexibility index (Phi) is 4.26. The maximum Gasteiger partial charge on any atom is 0.152 e. The number of hydrogen-bond acceptors (Lipinski definition) is 2. The van der Waals surface area contributed by atoms with Gasteiger partial charge in [-0.05, 0) is 34.1 Å². The molecule has 0 radical (unpaired) electrons. The van der Waals surface area contributed by atoms with E-state index in [9.17, 15) is 0 Å². The smallest absolute Gasteiger partial charge is 0.152 e. The molecule has 0 aliphatic rings.